The maximum atomic E-state index is 14.0. The molecule has 0 saturated heterocycles. The molecule has 2 aliphatic heterocycles. The highest BCUT2D eigenvalue weighted by molar-refractivity contribution is 6.00. The summed E-state index contributed by atoms with van der Waals surface area (Å²) in [6.45, 7) is 2.05. The van der Waals surface area contributed by atoms with Crippen LogP contribution in [0.2, 0.25) is 0 Å². The van der Waals surface area contributed by atoms with E-state index in [0.29, 0.717) is 18.7 Å². The molecule has 1 aromatic carbocycles. The minimum Gasteiger partial charge on any atom is -0.503 e. The molecular formula is C23H24F3N3O5. The number of nitrogens with zero attached hydrogens (tertiary/aromatic N) is 2. The number of nitrogens with one attached hydrogen (secondary N) is 1. The number of rotatable bonds is 7. The summed E-state index contributed by atoms with van der Waals surface area (Å²) in [6, 6.07) is 0.538. The quantitative estimate of drug-likeness (QED) is 0.635. The van der Waals surface area contributed by atoms with Crippen molar-refractivity contribution >= 4 is 11.8 Å². The van der Waals surface area contributed by atoms with Gasteiger partial charge in [0.25, 0.3) is 11.8 Å². The third kappa shape index (κ3) is 3.83. The van der Waals surface area contributed by atoms with E-state index in [0.717, 1.165) is 12.8 Å². The number of ether oxygens (including phenoxy) is 1. The smallest absolute Gasteiger partial charge is 0.274 e. The predicted molar refractivity (Wildman–Crippen MR) is 114 cm³/mol. The van der Waals surface area contributed by atoms with E-state index < -0.39 is 70.3 Å². The third-order valence-electron chi connectivity index (χ3n) is 6.38. The zero-order valence-corrected chi connectivity index (χ0v) is 18.7. The van der Waals surface area contributed by atoms with Crippen molar-refractivity contribution in [1.82, 2.24) is 14.8 Å². The topological polar surface area (TPSA) is 101 Å². The second-order valence-corrected chi connectivity index (χ2v) is 8.40. The molecule has 0 spiro atoms. The lowest BCUT2D eigenvalue weighted by atomic mass is 10.1. The molecule has 8 nitrogen and oxygen atoms in total. The monoisotopic (exact) mass is 479 g/mol. The van der Waals surface area contributed by atoms with Crippen molar-refractivity contribution in [3.05, 3.63) is 62.3 Å². The van der Waals surface area contributed by atoms with Gasteiger partial charge >= 0.3 is 0 Å². The van der Waals surface area contributed by atoms with Crippen LogP contribution in [0.3, 0.4) is 0 Å². The molecular weight excluding hydrogens is 455 g/mol. The van der Waals surface area contributed by atoms with Crippen LogP contribution in [0.25, 0.3) is 0 Å². The van der Waals surface area contributed by atoms with E-state index in [1.165, 1.54) is 11.7 Å². The summed E-state index contributed by atoms with van der Waals surface area (Å²) in [5.74, 6) is -5.84. The Morgan fingerprint density at radius 2 is 1.91 bits per heavy atom. The van der Waals surface area contributed by atoms with Gasteiger partial charge in [-0.1, -0.05) is 13.3 Å². The first-order valence-electron chi connectivity index (χ1n) is 10.9. The van der Waals surface area contributed by atoms with Crippen LogP contribution in [0.1, 0.15) is 57.9 Å². The van der Waals surface area contributed by atoms with Crippen LogP contribution in [0, 0.1) is 17.5 Å². The fourth-order valence-corrected chi connectivity index (χ4v) is 4.66. The molecule has 4 rings (SSSR count). The van der Waals surface area contributed by atoms with E-state index in [9.17, 15) is 32.7 Å². The summed E-state index contributed by atoms with van der Waals surface area (Å²) in [5, 5.41) is 12.9. The average Bonchev–Trinajstić information content (AvgIpc) is 3.14. The number of unbranched alkanes of at least 4 members (excludes halogenated alkanes) is 1. The largest absolute Gasteiger partial charge is 0.503 e. The van der Waals surface area contributed by atoms with Crippen LogP contribution >= 0.6 is 0 Å². The number of carbonyl (C=O) groups is 2. The maximum absolute atomic E-state index is 14.0. The molecule has 182 valence electrons. The molecule has 3 heterocycles. The third-order valence-corrected chi connectivity index (χ3v) is 6.38. The zero-order valence-electron chi connectivity index (χ0n) is 18.7. The van der Waals surface area contributed by atoms with Crippen LogP contribution in [0.5, 0.6) is 5.75 Å². The molecule has 0 fully saturated rings. The molecule has 2 unspecified atom stereocenters. The lowest BCUT2D eigenvalue weighted by Crippen LogP contribution is -2.46. The molecule has 2 atom stereocenters. The second kappa shape index (κ2) is 9.13. The van der Waals surface area contributed by atoms with Crippen molar-refractivity contribution in [3.8, 4) is 5.75 Å². The van der Waals surface area contributed by atoms with E-state index in [1.54, 1.807) is 4.90 Å². The first kappa shape index (κ1) is 23.8. The number of pyridine rings is 1. The van der Waals surface area contributed by atoms with Crippen molar-refractivity contribution in [2.24, 2.45) is 0 Å². The van der Waals surface area contributed by atoms with Gasteiger partial charge in [0, 0.05) is 56.6 Å². The van der Waals surface area contributed by atoms with Crippen LogP contribution in [0.15, 0.2) is 16.9 Å². The Morgan fingerprint density at radius 3 is 2.53 bits per heavy atom. The first-order valence-corrected chi connectivity index (χ1v) is 10.9. The molecule has 11 heteroatoms. The Bertz CT molecular complexity index is 1210. The van der Waals surface area contributed by atoms with Crippen molar-refractivity contribution in [1.29, 1.82) is 0 Å². The van der Waals surface area contributed by atoms with Gasteiger partial charge in [-0.05, 0) is 6.42 Å². The lowest BCUT2D eigenvalue weighted by molar-refractivity contribution is 0.0390. The van der Waals surface area contributed by atoms with Gasteiger partial charge < -0.3 is 24.6 Å². The van der Waals surface area contributed by atoms with Crippen LogP contribution in [-0.2, 0) is 17.7 Å². The number of benzene rings is 1. The van der Waals surface area contributed by atoms with E-state index in [2.05, 4.69) is 5.32 Å². The fraction of sp³-hybridized carbons (Fsp3) is 0.435. The minimum absolute atomic E-state index is 0.126. The molecule has 0 bridgehead atoms. The SMILES string of the molecule is CCCCN1CC2C(OC)Cc3c(C(=O)NCc4c(F)cc(F)cc4F)c(=O)c(O)c(n32)C1=O. The van der Waals surface area contributed by atoms with Gasteiger partial charge in [-0.15, -0.1) is 0 Å². The van der Waals surface area contributed by atoms with Gasteiger partial charge in [0.2, 0.25) is 5.43 Å². The number of aromatic nitrogens is 1. The highest BCUT2D eigenvalue weighted by Crippen LogP contribution is 2.38. The normalized spacial score (nSPS) is 18.9. The van der Waals surface area contributed by atoms with Gasteiger partial charge in [-0.25, -0.2) is 13.2 Å². The average molecular weight is 479 g/mol. The van der Waals surface area contributed by atoms with Crippen LogP contribution < -0.4 is 10.7 Å². The molecule has 0 aliphatic carbocycles. The summed E-state index contributed by atoms with van der Waals surface area (Å²) in [7, 11) is 1.47. The number of carbonyl (C=O) groups excluding carboxylic acids is 2. The summed E-state index contributed by atoms with van der Waals surface area (Å²) in [5.41, 5.74) is -2.05. The number of methoxy groups -OCH3 is 1. The van der Waals surface area contributed by atoms with Gasteiger partial charge in [0.1, 0.15) is 23.0 Å². The molecule has 0 saturated carbocycles. The lowest BCUT2D eigenvalue weighted by Gasteiger charge is -2.36. The van der Waals surface area contributed by atoms with Crippen molar-refractivity contribution < 1.29 is 32.6 Å². The molecule has 2 amide bonds. The molecule has 34 heavy (non-hydrogen) atoms. The van der Waals surface area contributed by atoms with E-state index in [4.69, 9.17) is 4.74 Å². The number of amides is 2. The Balaban J connectivity index is 1.73. The van der Waals surface area contributed by atoms with Gasteiger partial charge in [0.15, 0.2) is 11.4 Å². The van der Waals surface area contributed by atoms with Gasteiger partial charge in [-0.3, -0.25) is 14.4 Å². The Morgan fingerprint density at radius 1 is 1.24 bits per heavy atom. The zero-order chi connectivity index (χ0) is 24.7. The van der Waals surface area contributed by atoms with E-state index in [1.807, 2.05) is 6.92 Å². The number of halogens is 3. The highest BCUT2D eigenvalue weighted by Gasteiger charge is 2.45. The molecule has 0 radical (unpaired) electrons. The predicted octanol–water partition coefficient (Wildman–Crippen LogP) is 2.27. The van der Waals surface area contributed by atoms with Crippen LogP contribution in [0.4, 0.5) is 13.2 Å². The van der Waals surface area contributed by atoms with E-state index >= 15 is 0 Å². The standard InChI is InChI=1S/C23H24F3N3O5/c1-3-4-5-28-10-16-17(34-2)8-15-18(20(30)21(31)19(23(28)33)29(15)16)22(32)27-9-12-13(25)6-11(24)7-14(12)26/h6-7,16-17,31H,3-5,8-10H2,1-2H3,(H,27,32). The Hall–Kier alpha value is -3.34. The molecule has 2 N–H and O–H groups in total. The first-order chi connectivity index (χ1) is 16.2. The number of aromatic hydroxyl groups is 1. The fourth-order valence-electron chi connectivity index (χ4n) is 4.66. The summed E-state index contributed by atoms with van der Waals surface area (Å²) >= 11 is 0. The molecule has 2 aromatic rings. The van der Waals surface area contributed by atoms with Crippen molar-refractivity contribution in [2.75, 3.05) is 20.2 Å². The second-order valence-electron chi connectivity index (χ2n) is 8.40. The number of hydrogen-bond acceptors (Lipinski definition) is 5. The minimum atomic E-state index is -1.19. The number of hydrogen-bond donors (Lipinski definition) is 2. The summed E-state index contributed by atoms with van der Waals surface area (Å²) < 4.78 is 48.1. The van der Waals surface area contributed by atoms with Crippen molar-refractivity contribution in [3.63, 3.8) is 0 Å². The molecule has 1 aromatic heterocycles. The molecule has 2 aliphatic rings. The Kier molecular flexibility index (Phi) is 6.39. The Labute approximate surface area is 192 Å². The van der Waals surface area contributed by atoms with Crippen molar-refractivity contribution in [2.45, 2.75) is 44.9 Å². The van der Waals surface area contributed by atoms with Crippen LogP contribution in [-0.4, -0.2) is 52.7 Å². The van der Waals surface area contributed by atoms with Gasteiger partial charge in [-0.2, -0.15) is 0 Å². The summed E-state index contributed by atoms with van der Waals surface area (Å²) in [4.78, 5) is 40.6. The highest BCUT2D eigenvalue weighted by atomic mass is 19.1. The van der Waals surface area contributed by atoms with E-state index in [-0.39, 0.29) is 24.4 Å². The van der Waals surface area contributed by atoms with Gasteiger partial charge in [0.05, 0.1) is 12.1 Å². The maximum Gasteiger partial charge on any atom is 0.274 e. The summed E-state index contributed by atoms with van der Waals surface area (Å²) in [6.07, 6.45) is 1.25.